The number of unbranched alkanes of at least 4 members (excludes halogenated alkanes) is 14. The molecule has 53 heavy (non-hydrogen) atoms. The zero-order valence-corrected chi connectivity index (χ0v) is 33.0. The second-order valence-electron chi connectivity index (χ2n) is 14.3. The molecule has 0 aliphatic heterocycles. The molecule has 1 rings (SSSR count). The normalized spacial score (nSPS) is 12.8. The first-order valence-corrected chi connectivity index (χ1v) is 20.3. The van der Waals surface area contributed by atoms with E-state index in [1.165, 1.54) is 83.5 Å². The smallest absolute Gasteiger partial charge is 0.243 e. The Morgan fingerprint density at radius 1 is 0.660 bits per heavy atom. The van der Waals surface area contributed by atoms with Crippen LogP contribution in [0.4, 0.5) is 0 Å². The first kappa shape index (κ1) is 47.1. The van der Waals surface area contributed by atoms with E-state index in [9.17, 15) is 14.4 Å². The van der Waals surface area contributed by atoms with Crippen molar-refractivity contribution in [3.8, 4) is 0 Å². The average molecular weight is 748 g/mol. The van der Waals surface area contributed by atoms with E-state index in [2.05, 4.69) is 56.1 Å². The Morgan fingerprint density at radius 3 is 1.68 bits per heavy atom. The van der Waals surface area contributed by atoms with Gasteiger partial charge in [-0.25, -0.2) is 9.13 Å². The van der Waals surface area contributed by atoms with Gasteiger partial charge in [-0.3, -0.25) is 24.4 Å². The van der Waals surface area contributed by atoms with Crippen LogP contribution < -0.4 is 49.6 Å². The number of hydrogen-bond donors (Lipinski definition) is 8. The SMILES string of the molecule is CCCCCCCCCCn1c[n+](CCCCCCCCCC)cc1C[C@H](NC(=O)[C@H](CCCN=C(N)N)NC(=O)[C@@H](N)CCCN=C(N)N)C(N)=O. The van der Waals surface area contributed by atoms with Crippen LogP contribution in [0.3, 0.4) is 0 Å². The fraction of sp³-hybridized carbons (Fsp3) is 0.789. The molecule has 0 fully saturated rings. The molecule has 0 bridgehead atoms. The number of rotatable bonds is 33. The number of primary amides is 1. The van der Waals surface area contributed by atoms with E-state index in [0.717, 1.165) is 38.0 Å². The Hall–Kier alpha value is -3.88. The lowest BCUT2D eigenvalue weighted by atomic mass is 10.1. The molecule has 3 amide bonds. The van der Waals surface area contributed by atoms with Gasteiger partial charge in [0, 0.05) is 19.5 Å². The van der Waals surface area contributed by atoms with Crippen LogP contribution in [-0.4, -0.2) is 65.4 Å². The third-order valence-electron chi connectivity index (χ3n) is 9.45. The summed E-state index contributed by atoms with van der Waals surface area (Å²) in [7, 11) is 0. The number of aliphatic imine (C=N–C) groups is 2. The summed E-state index contributed by atoms with van der Waals surface area (Å²) in [4.78, 5) is 47.4. The molecule has 3 atom stereocenters. The van der Waals surface area contributed by atoms with E-state index in [1.54, 1.807) is 0 Å². The highest BCUT2D eigenvalue weighted by atomic mass is 16.2. The van der Waals surface area contributed by atoms with Crippen LogP contribution in [0.15, 0.2) is 22.5 Å². The van der Waals surface area contributed by atoms with Gasteiger partial charge in [0.15, 0.2) is 11.9 Å². The predicted octanol–water partition coefficient (Wildman–Crippen LogP) is 2.49. The first-order valence-electron chi connectivity index (χ1n) is 20.3. The highest BCUT2D eigenvalue weighted by Crippen LogP contribution is 2.13. The lowest BCUT2D eigenvalue weighted by Crippen LogP contribution is -2.55. The number of guanidine groups is 2. The summed E-state index contributed by atoms with van der Waals surface area (Å²) < 4.78 is 4.39. The third-order valence-corrected chi connectivity index (χ3v) is 9.45. The standard InChI is InChI=1S/C38H74N12O3/c1-3-5-7-9-11-13-15-17-25-49-28-30(50(29-49)26-18-16-14-12-10-8-6-4-2)27-33(34(40)51)48-36(53)32(22-20-24-46-38(43)44)47-35(52)31(39)21-19-23-45-37(41)42/h28-29,31-33H,3-27,39H2,1-2H3,(H11-,40,41,42,43,44,45,46,47,48,51,52,53)/p+1/t31-,32-,33-/m0/s1. The van der Waals surface area contributed by atoms with Gasteiger partial charge in [-0.2, -0.15) is 0 Å². The van der Waals surface area contributed by atoms with Crippen molar-refractivity contribution in [1.29, 1.82) is 0 Å². The molecule has 15 heteroatoms. The van der Waals surface area contributed by atoms with Gasteiger partial charge in [0.05, 0.1) is 19.1 Å². The lowest BCUT2D eigenvalue weighted by Gasteiger charge is -2.23. The Balaban J connectivity index is 3.02. The molecular formula is C38H75N12O3+. The Bertz CT molecular complexity index is 1210. The van der Waals surface area contributed by atoms with Gasteiger partial charge in [0.1, 0.15) is 24.0 Å². The number of nitrogens with zero attached hydrogens (tertiary/aromatic N) is 4. The molecule has 0 saturated carbocycles. The van der Waals surface area contributed by atoms with Crippen molar-refractivity contribution in [3.63, 3.8) is 0 Å². The summed E-state index contributed by atoms with van der Waals surface area (Å²) in [6, 6.07) is -2.87. The van der Waals surface area contributed by atoms with Crippen LogP contribution in [0.2, 0.25) is 0 Å². The summed E-state index contributed by atoms with van der Waals surface area (Å²) in [5.41, 5.74) is 34.6. The van der Waals surface area contributed by atoms with Crippen molar-refractivity contribution in [1.82, 2.24) is 15.2 Å². The van der Waals surface area contributed by atoms with Crippen molar-refractivity contribution < 1.29 is 19.0 Å². The molecule has 1 heterocycles. The highest BCUT2D eigenvalue weighted by Gasteiger charge is 2.29. The summed E-state index contributed by atoms with van der Waals surface area (Å²) >= 11 is 0. The molecule has 0 aromatic carbocycles. The van der Waals surface area contributed by atoms with Crippen molar-refractivity contribution in [2.75, 3.05) is 13.1 Å². The van der Waals surface area contributed by atoms with Gasteiger partial charge in [-0.1, -0.05) is 90.9 Å². The Kier molecular flexibility index (Phi) is 26.3. The van der Waals surface area contributed by atoms with E-state index < -0.39 is 35.8 Å². The number of imidazole rings is 1. The maximum Gasteiger partial charge on any atom is 0.243 e. The zero-order chi connectivity index (χ0) is 39.3. The molecule has 0 aliphatic rings. The number of carbonyl (C=O) groups excluding carboxylic acids is 3. The minimum atomic E-state index is -0.989. The van der Waals surface area contributed by atoms with Crippen molar-refractivity contribution in [2.24, 2.45) is 44.4 Å². The zero-order valence-electron chi connectivity index (χ0n) is 33.0. The molecular weight excluding hydrogens is 672 g/mol. The lowest BCUT2D eigenvalue weighted by molar-refractivity contribution is -0.697. The van der Waals surface area contributed by atoms with Crippen LogP contribution in [0.1, 0.15) is 148 Å². The predicted molar refractivity (Wildman–Crippen MR) is 214 cm³/mol. The minimum Gasteiger partial charge on any atom is -0.370 e. The highest BCUT2D eigenvalue weighted by molar-refractivity contribution is 5.92. The second kappa shape index (κ2) is 29.6. The summed E-state index contributed by atoms with van der Waals surface area (Å²) in [6.45, 7) is 6.76. The van der Waals surface area contributed by atoms with Crippen molar-refractivity contribution in [2.45, 2.75) is 180 Å². The maximum absolute atomic E-state index is 13.7. The topological polar surface area (TPSA) is 265 Å². The summed E-state index contributed by atoms with van der Waals surface area (Å²) in [5.74, 6) is -1.81. The van der Waals surface area contributed by atoms with Crippen molar-refractivity contribution >= 4 is 29.6 Å². The Morgan fingerprint density at radius 2 is 1.15 bits per heavy atom. The van der Waals surface area contributed by atoms with Crippen molar-refractivity contribution in [3.05, 3.63) is 18.2 Å². The van der Waals surface area contributed by atoms with E-state index in [0.29, 0.717) is 25.8 Å². The number of carbonyl (C=O) groups is 3. The molecule has 0 aliphatic carbocycles. The quantitative estimate of drug-likeness (QED) is 0.0229. The molecule has 0 unspecified atom stereocenters. The molecule has 0 radical (unpaired) electrons. The van der Waals surface area contributed by atoms with Crippen LogP contribution in [0, 0.1) is 0 Å². The third kappa shape index (κ3) is 23.4. The summed E-state index contributed by atoms with van der Waals surface area (Å²) in [6.07, 6.45) is 25.5. The van der Waals surface area contributed by atoms with E-state index in [4.69, 9.17) is 34.4 Å². The van der Waals surface area contributed by atoms with Crippen LogP contribution >= 0.6 is 0 Å². The van der Waals surface area contributed by atoms with Crippen LogP contribution in [-0.2, 0) is 33.9 Å². The maximum atomic E-state index is 13.7. The Labute approximate surface area is 318 Å². The average Bonchev–Trinajstić information content (AvgIpc) is 3.50. The number of nitrogens with one attached hydrogen (secondary N) is 2. The molecule has 15 nitrogen and oxygen atoms in total. The molecule has 0 saturated heterocycles. The van der Waals surface area contributed by atoms with E-state index in [-0.39, 0.29) is 31.3 Å². The number of nitrogens with two attached hydrogens (primary N) is 6. The van der Waals surface area contributed by atoms with Gasteiger partial charge in [0.2, 0.25) is 24.0 Å². The molecule has 1 aromatic rings. The van der Waals surface area contributed by atoms with Crippen LogP contribution in [0.5, 0.6) is 0 Å². The van der Waals surface area contributed by atoms with Gasteiger partial charge in [0.25, 0.3) is 0 Å². The minimum absolute atomic E-state index is 0.0386. The number of aryl methyl sites for hydroxylation is 2. The number of hydrogen-bond acceptors (Lipinski definition) is 6. The van der Waals surface area contributed by atoms with E-state index >= 15 is 0 Å². The molecule has 304 valence electrons. The first-order chi connectivity index (χ1) is 25.5. The number of aromatic nitrogens is 2. The number of amides is 3. The fourth-order valence-corrected chi connectivity index (χ4v) is 6.30. The van der Waals surface area contributed by atoms with Gasteiger partial charge in [-0.15, -0.1) is 0 Å². The van der Waals surface area contributed by atoms with E-state index in [1.807, 2.05) is 0 Å². The fourth-order valence-electron chi connectivity index (χ4n) is 6.30. The second-order valence-corrected chi connectivity index (χ2v) is 14.3. The monoisotopic (exact) mass is 748 g/mol. The van der Waals surface area contributed by atoms with Crippen LogP contribution in [0.25, 0.3) is 0 Å². The largest absolute Gasteiger partial charge is 0.370 e. The van der Waals surface area contributed by atoms with Gasteiger partial charge < -0.3 is 45.0 Å². The summed E-state index contributed by atoms with van der Waals surface area (Å²) in [5, 5.41) is 5.57. The molecule has 0 spiro atoms. The van der Waals surface area contributed by atoms with Gasteiger partial charge >= 0.3 is 0 Å². The molecule has 1 aromatic heterocycles. The van der Waals surface area contributed by atoms with Gasteiger partial charge in [-0.05, 0) is 51.4 Å². The molecule has 14 N–H and O–H groups in total.